The van der Waals surface area contributed by atoms with Gasteiger partial charge in [-0.2, -0.15) is 5.26 Å². The average Bonchev–Trinajstić information content (AvgIpc) is 3.05. The lowest BCUT2D eigenvalue weighted by atomic mass is 10.1. The highest BCUT2D eigenvalue weighted by atomic mass is 32.1. The second-order valence-corrected chi connectivity index (χ2v) is 5.58. The molecule has 1 unspecified atom stereocenters. The van der Waals surface area contributed by atoms with Crippen molar-refractivity contribution >= 4 is 23.2 Å². The van der Waals surface area contributed by atoms with E-state index in [0.717, 1.165) is 4.88 Å². The van der Waals surface area contributed by atoms with Crippen molar-refractivity contribution in [2.45, 2.75) is 12.5 Å². The minimum absolute atomic E-state index is 0.0824. The highest BCUT2D eigenvalue weighted by Gasteiger charge is 2.22. The van der Waals surface area contributed by atoms with Crippen LogP contribution in [-0.2, 0) is 11.2 Å². The number of carbonyl (C=O) groups excluding carboxylic acids is 2. The number of nitriles is 1. The molecule has 2 aromatic rings. The van der Waals surface area contributed by atoms with Gasteiger partial charge in [-0.15, -0.1) is 11.3 Å². The molecule has 1 atom stereocenters. The van der Waals surface area contributed by atoms with Gasteiger partial charge < -0.3 is 10.6 Å². The number of carbonyl (C=O) groups is 2. The van der Waals surface area contributed by atoms with Crippen LogP contribution in [0.1, 0.15) is 15.2 Å². The van der Waals surface area contributed by atoms with Gasteiger partial charge in [0, 0.05) is 16.9 Å². The van der Waals surface area contributed by atoms with Crippen molar-refractivity contribution in [3.63, 3.8) is 0 Å². The number of hydrogen-bond acceptors (Lipinski definition) is 4. The average molecular weight is 313 g/mol. The molecule has 0 radical (unpaired) electrons. The monoisotopic (exact) mass is 313 g/mol. The second-order valence-electron chi connectivity index (χ2n) is 4.55. The third-order valence-corrected chi connectivity index (χ3v) is 3.88. The first kappa shape index (κ1) is 15.7. The molecule has 6 heteroatoms. The summed E-state index contributed by atoms with van der Waals surface area (Å²) in [7, 11) is 0. The standard InChI is InChI=1S/C16H15N3O2S/c17-8-9-18-16(21)14(11-13-7-4-10-22-13)19-15(20)12-5-2-1-3-6-12/h1-7,10,14H,9,11H2,(H,18,21)(H,19,20). The predicted octanol–water partition coefficient (Wildman–Crippen LogP) is 1.73. The molecule has 0 bridgehead atoms. The minimum atomic E-state index is -0.709. The molecule has 1 aromatic heterocycles. The summed E-state index contributed by atoms with van der Waals surface area (Å²) in [6.07, 6.45) is 0.396. The zero-order chi connectivity index (χ0) is 15.8. The first-order valence-corrected chi connectivity index (χ1v) is 7.61. The van der Waals surface area contributed by atoms with Crippen molar-refractivity contribution in [1.82, 2.24) is 10.6 Å². The molecular weight excluding hydrogens is 298 g/mol. The summed E-state index contributed by atoms with van der Waals surface area (Å²) < 4.78 is 0. The number of hydrogen-bond donors (Lipinski definition) is 2. The van der Waals surface area contributed by atoms with Gasteiger partial charge in [-0.1, -0.05) is 24.3 Å². The fourth-order valence-electron chi connectivity index (χ4n) is 1.92. The summed E-state index contributed by atoms with van der Waals surface area (Å²) in [5.74, 6) is -0.673. The van der Waals surface area contributed by atoms with Gasteiger partial charge in [-0.25, -0.2) is 0 Å². The van der Waals surface area contributed by atoms with Gasteiger partial charge in [0.15, 0.2) is 0 Å². The van der Waals surface area contributed by atoms with Gasteiger partial charge >= 0.3 is 0 Å². The van der Waals surface area contributed by atoms with Gasteiger partial charge in [-0.3, -0.25) is 9.59 Å². The molecule has 2 N–H and O–H groups in total. The van der Waals surface area contributed by atoms with Crippen molar-refractivity contribution in [3.8, 4) is 6.07 Å². The fourth-order valence-corrected chi connectivity index (χ4v) is 2.67. The Morgan fingerprint density at radius 1 is 1.18 bits per heavy atom. The van der Waals surface area contributed by atoms with E-state index in [1.54, 1.807) is 24.3 Å². The second kappa shape index (κ2) is 7.96. The molecule has 112 valence electrons. The molecule has 1 heterocycles. The lowest BCUT2D eigenvalue weighted by Crippen LogP contribution is -2.48. The van der Waals surface area contributed by atoms with E-state index in [1.165, 1.54) is 11.3 Å². The minimum Gasteiger partial charge on any atom is -0.341 e. The molecule has 0 aliphatic heterocycles. The molecule has 22 heavy (non-hydrogen) atoms. The van der Waals surface area contributed by atoms with Crippen LogP contribution in [0.3, 0.4) is 0 Å². The Balaban J connectivity index is 2.08. The van der Waals surface area contributed by atoms with Gasteiger partial charge in [0.2, 0.25) is 5.91 Å². The van der Waals surface area contributed by atoms with Crippen LogP contribution < -0.4 is 10.6 Å². The Morgan fingerprint density at radius 3 is 2.59 bits per heavy atom. The molecule has 0 fully saturated rings. The Bertz CT molecular complexity index is 662. The zero-order valence-corrected chi connectivity index (χ0v) is 12.6. The topological polar surface area (TPSA) is 82.0 Å². The maximum absolute atomic E-state index is 12.2. The molecule has 2 amide bonds. The number of thiophene rings is 1. The summed E-state index contributed by atoms with van der Waals surface area (Å²) in [5.41, 5.74) is 0.492. The Labute approximate surface area is 132 Å². The van der Waals surface area contributed by atoms with Crippen LogP contribution in [0.15, 0.2) is 47.8 Å². The normalized spacial score (nSPS) is 11.2. The highest BCUT2D eigenvalue weighted by molar-refractivity contribution is 7.09. The Kier molecular flexibility index (Phi) is 5.69. The van der Waals surface area contributed by atoms with Crippen LogP contribution in [0.25, 0.3) is 0 Å². The molecule has 5 nitrogen and oxygen atoms in total. The summed E-state index contributed by atoms with van der Waals surface area (Å²) in [4.78, 5) is 25.3. The van der Waals surface area contributed by atoms with Crippen molar-refractivity contribution < 1.29 is 9.59 Å². The molecule has 0 aliphatic carbocycles. The van der Waals surface area contributed by atoms with Crippen LogP contribution in [0.5, 0.6) is 0 Å². The molecule has 0 saturated carbocycles. The van der Waals surface area contributed by atoms with Crippen molar-refractivity contribution in [2.24, 2.45) is 0 Å². The van der Waals surface area contributed by atoms with Crippen molar-refractivity contribution in [1.29, 1.82) is 5.26 Å². The van der Waals surface area contributed by atoms with E-state index in [9.17, 15) is 9.59 Å². The summed E-state index contributed by atoms with van der Waals surface area (Å²) in [6, 6.07) is 13.7. The maximum atomic E-state index is 12.2. The van der Waals surface area contributed by atoms with Crippen LogP contribution in [-0.4, -0.2) is 24.4 Å². The Morgan fingerprint density at radius 2 is 1.95 bits per heavy atom. The number of rotatable bonds is 6. The van der Waals surface area contributed by atoms with Gasteiger partial charge in [0.05, 0.1) is 6.07 Å². The SMILES string of the molecule is N#CCNC(=O)C(Cc1cccs1)NC(=O)c1ccccc1. The molecule has 0 saturated heterocycles. The summed E-state index contributed by atoms with van der Waals surface area (Å²) in [6.45, 7) is -0.0824. The summed E-state index contributed by atoms with van der Waals surface area (Å²) in [5, 5.41) is 15.7. The lowest BCUT2D eigenvalue weighted by Gasteiger charge is -2.17. The van der Waals surface area contributed by atoms with Gasteiger partial charge in [0.1, 0.15) is 12.6 Å². The molecule has 0 spiro atoms. The van der Waals surface area contributed by atoms with E-state index < -0.39 is 6.04 Å². The third-order valence-electron chi connectivity index (χ3n) is 2.98. The van der Waals surface area contributed by atoms with Crippen LogP contribution >= 0.6 is 11.3 Å². The van der Waals surface area contributed by atoms with E-state index in [2.05, 4.69) is 10.6 Å². The van der Waals surface area contributed by atoms with Crippen LogP contribution in [0.2, 0.25) is 0 Å². The Hall–Kier alpha value is -2.65. The van der Waals surface area contributed by atoms with E-state index in [1.807, 2.05) is 29.6 Å². The molecule has 1 aromatic carbocycles. The molecular formula is C16H15N3O2S. The van der Waals surface area contributed by atoms with Gasteiger partial charge in [0.25, 0.3) is 5.91 Å². The predicted molar refractivity (Wildman–Crippen MR) is 84.3 cm³/mol. The first-order valence-electron chi connectivity index (χ1n) is 6.73. The first-order chi connectivity index (χ1) is 10.7. The quantitative estimate of drug-likeness (QED) is 0.797. The maximum Gasteiger partial charge on any atom is 0.251 e. The fraction of sp³-hybridized carbons (Fsp3) is 0.188. The summed E-state index contributed by atoms with van der Waals surface area (Å²) >= 11 is 1.52. The molecule has 0 aliphatic rings. The number of benzene rings is 1. The van der Waals surface area contributed by atoms with Crippen LogP contribution in [0.4, 0.5) is 0 Å². The highest BCUT2D eigenvalue weighted by Crippen LogP contribution is 2.12. The van der Waals surface area contributed by atoms with Crippen molar-refractivity contribution in [2.75, 3.05) is 6.54 Å². The number of amides is 2. The van der Waals surface area contributed by atoms with Gasteiger partial charge in [-0.05, 0) is 23.6 Å². The van der Waals surface area contributed by atoms with E-state index >= 15 is 0 Å². The third kappa shape index (κ3) is 4.43. The van der Waals surface area contributed by atoms with E-state index in [-0.39, 0.29) is 18.4 Å². The van der Waals surface area contributed by atoms with E-state index in [0.29, 0.717) is 12.0 Å². The smallest absolute Gasteiger partial charge is 0.251 e. The number of nitrogens with one attached hydrogen (secondary N) is 2. The van der Waals surface area contributed by atoms with Crippen molar-refractivity contribution in [3.05, 3.63) is 58.3 Å². The largest absolute Gasteiger partial charge is 0.341 e. The zero-order valence-electron chi connectivity index (χ0n) is 11.8. The lowest BCUT2D eigenvalue weighted by molar-refractivity contribution is -0.122. The molecule has 2 rings (SSSR count). The number of nitrogens with zero attached hydrogens (tertiary/aromatic N) is 1. The van der Waals surface area contributed by atoms with E-state index in [4.69, 9.17) is 5.26 Å². The van der Waals surface area contributed by atoms with Crippen LogP contribution in [0, 0.1) is 11.3 Å².